The van der Waals surface area contributed by atoms with Crippen molar-refractivity contribution in [3.8, 4) is 0 Å². The topological polar surface area (TPSA) is 57.7 Å². The second-order valence-electron chi connectivity index (χ2n) is 7.90. The van der Waals surface area contributed by atoms with E-state index in [1.165, 1.54) is 23.6 Å². The lowest BCUT2D eigenvalue weighted by molar-refractivity contribution is -0.123. The number of fused-ring (bicyclic) bond motifs is 3. The van der Waals surface area contributed by atoms with Crippen molar-refractivity contribution in [2.75, 3.05) is 24.5 Å². The maximum Gasteiger partial charge on any atom is 0.243 e. The molecule has 0 saturated heterocycles. The van der Waals surface area contributed by atoms with Crippen LogP contribution in [-0.2, 0) is 21.2 Å². The Hall–Kier alpha value is -1.40. The van der Waals surface area contributed by atoms with E-state index < -0.39 is 10.0 Å². The summed E-state index contributed by atoms with van der Waals surface area (Å²) in [6.07, 6.45) is 5.49. The number of rotatable bonds is 5. The van der Waals surface area contributed by atoms with Gasteiger partial charge in [0.2, 0.25) is 15.9 Å². The molecular weight excluding hydrogens is 348 g/mol. The van der Waals surface area contributed by atoms with Gasteiger partial charge < -0.3 is 4.90 Å². The summed E-state index contributed by atoms with van der Waals surface area (Å²) < 4.78 is 27.0. The molecule has 6 heteroatoms. The third-order valence-electron chi connectivity index (χ3n) is 6.61. The van der Waals surface area contributed by atoms with Crippen molar-refractivity contribution >= 4 is 21.6 Å². The molecule has 5 nitrogen and oxygen atoms in total. The highest BCUT2D eigenvalue weighted by molar-refractivity contribution is 7.89. The van der Waals surface area contributed by atoms with Crippen molar-refractivity contribution < 1.29 is 13.2 Å². The monoisotopic (exact) mass is 376 g/mol. The zero-order valence-corrected chi connectivity index (χ0v) is 16.5. The first-order valence-electron chi connectivity index (χ1n) is 9.90. The van der Waals surface area contributed by atoms with Crippen LogP contribution in [0.2, 0.25) is 0 Å². The number of carbonyl (C=O) groups excluding carboxylic acids is 1. The molecule has 3 unspecified atom stereocenters. The van der Waals surface area contributed by atoms with Gasteiger partial charge in [-0.15, -0.1) is 0 Å². The molecule has 0 N–H and O–H groups in total. The zero-order chi connectivity index (χ0) is 18.5. The Kier molecular flexibility index (Phi) is 4.59. The molecule has 2 bridgehead atoms. The molecule has 1 amide bonds. The number of anilines is 1. The van der Waals surface area contributed by atoms with Gasteiger partial charge in [-0.05, 0) is 61.3 Å². The van der Waals surface area contributed by atoms with Crippen molar-refractivity contribution in [1.82, 2.24) is 4.31 Å². The van der Waals surface area contributed by atoms with E-state index in [4.69, 9.17) is 0 Å². The second kappa shape index (κ2) is 6.64. The Labute approximate surface area is 156 Å². The SMILES string of the molecule is CCN(CC)S(=O)(=O)c1ccc2c(c1)CCN2C(=O)C1CC2CCC1C2. The molecule has 3 aliphatic rings. The normalized spacial score (nSPS) is 27.3. The summed E-state index contributed by atoms with van der Waals surface area (Å²) >= 11 is 0. The maximum atomic E-state index is 13.1. The number of nitrogens with zero attached hydrogens (tertiary/aromatic N) is 2. The predicted molar refractivity (Wildman–Crippen MR) is 102 cm³/mol. The fourth-order valence-electron chi connectivity index (χ4n) is 5.23. The van der Waals surface area contributed by atoms with Crippen molar-refractivity contribution in [3.63, 3.8) is 0 Å². The summed E-state index contributed by atoms with van der Waals surface area (Å²) in [4.78, 5) is 15.3. The molecule has 2 fully saturated rings. The van der Waals surface area contributed by atoms with Crippen molar-refractivity contribution in [1.29, 1.82) is 0 Å². The van der Waals surface area contributed by atoms with E-state index in [9.17, 15) is 13.2 Å². The Bertz CT molecular complexity index is 816. The zero-order valence-electron chi connectivity index (χ0n) is 15.6. The highest BCUT2D eigenvalue weighted by atomic mass is 32.2. The summed E-state index contributed by atoms with van der Waals surface area (Å²) in [6.45, 7) is 5.31. The molecule has 26 heavy (non-hydrogen) atoms. The average Bonchev–Trinajstić information content (AvgIpc) is 3.36. The van der Waals surface area contributed by atoms with Gasteiger partial charge in [0.05, 0.1) is 4.90 Å². The molecule has 0 spiro atoms. The van der Waals surface area contributed by atoms with Crippen LogP contribution in [-0.4, -0.2) is 38.3 Å². The van der Waals surface area contributed by atoms with Crippen molar-refractivity contribution in [2.24, 2.45) is 17.8 Å². The minimum atomic E-state index is -3.45. The minimum Gasteiger partial charge on any atom is -0.312 e. The largest absolute Gasteiger partial charge is 0.312 e. The number of hydrogen-bond acceptors (Lipinski definition) is 3. The average molecular weight is 377 g/mol. The number of sulfonamides is 1. The van der Waals surface area contributed by atoms with Gasteiger partial charge >= 0.3 is 0 Å². The van der Waals surface area contributed by atoms with Crippen LogP contribution in [0.3, 0.4) is 0 Å². The van der Waals surface area contributed by atoms with Crippen LogP contribution >= 0.6 is 0 Å². The lowest BCUT2D eigenvalue weighted by Crippen LogP contribution is -2.37. The molecule has 1 aliphatic heterocycles. The molecule has 0 radical (unpaired) electrons. The standard InChI is InChI=1S/C20H28N2O3S/c1-3-21(4-2)26(24,25)17-7-8-19-16(13-17)9-10-22(19)20(23)18-12-14-5-6-15(18)11-14/h7-8,13-15,18H,3-6,9-12H2,1-2H3. The van der Waals surface area contributed by atoms with Gasteiger partial charge in [0, 0.05) is 31.2 Å². The highest BCUT2D eigenvalue weighted by Gasteiger charge is 2.45. The first kappa shape index (κ1) is 18.0. The summed E-state index contributed by atoms with van der Waals surface area (Å²) in [5, 5.41) is 0. The van der Waals surface area contributed by atoms with Gasteiger partial charge in [-0.3, -0.25) is 4.79 Å². The molecule has 1 aromatic carbocycles. The summed E-state index contributed by atoms with van der Waals surface area (Å²) in [7, 11) is -3.45. The van der Waals surface area contributed by atoms with Crippen LogP contribution < -0.4 is 4.90 Å². The first-order valence-corrected chi connectivity index (χ1v) is 11.3. The molecule has 142 valence electrons. The Morgan fingerprint density at radius 1 is 1.19 bits per heavy atom. The van der Waals surface area contributed by atoms with Crippen LogP contribution in [0.25, 0.3) is 0 Å². The van der Waals surface area contributed by atoms with E-state index in [1.54, 1.807) is 12.1 Å². The molecule has 0 aromatic heterocycles. The molecule has 1 aromatic rings. The summed E-state index contributed by atoms with van der Waals surface area (Å²) in [5.74, 6) is 1.76. The molecule has 2 aliphatic carbocycles. The number of hydrogen-bond donors (Lipinski definition) is 0. The number of amides is 1. The first-order chi connectivity index (χ1) is 12.5. The van der Waals surface area contributed by atoms with Gasteiger partial charge in [0.15, 0.2) is 0 Å². The Morgan fingerprint density at radius 2 is 1.96 bits per heavy atom. The fraction of sp³-hybridized carbons (Fsp3) is 0.650. The lowest BCUT2D eigenvalue weighted by Gasteiger charge is -2.27. The van der Waals surface area contributed by atoms with E-state index in [1.807, 2.05) is 24.8 Å². The Balaban J connectivity index is 1.58. The Morgan fingerprint density at radius 3 is 2.58 bits per heavy atom. The van der Waals surface area contributed by atoms with E-state index in [0.717, 1.165) is 30.0 Å². The summed E-state index contributed by atoms with van der Waals surface area (Å²) in [6, 6.07) is 5.28. The van der Waals surface area contributed by atoms with E-state index >= 15 is 0 Å². The second-order valence-corrected chi connectivity index (χ2v) is 9.84. The van der Waals surface area contributed by atoms with Gasteiger partial charge in [0.1, 0.15) is 0 Å². The van der Waals surface area contributed by atoms with Gasteiger partial charge in [-0.2, -0.15) is 4.31 Å². The van der Waals surface area contributed by atoms with Crippen molar-refractivity contribution in [3.05, 3.63) is 23.8 Å². The van der Waals surface area contributed by atoms with Gasteiger partial charge in [-0.1, -0.05) is 20.3 Å². The lowest BCUT2D eigenvalue weighted by atomic mass is 9.88. The highest BCUT2D eigenvalue weighted by Crippen LogP contribution is 2.49. The smallest absolute Gasteiger partial charge is 0.243 e. The van der Waals surface area contributed by atoms with Crippen LogP contribution in [0.15, 0.2) is 23.1 Å². The molecule has 4 rings (SSSR count). The third-order valence-corrected chi connectivity index (χ3v) is 8.66. The predicted octanol–water partition coefficient (Wildman–Crippen LogP) is 3.04. The van der Waals surface area contributed by atoms with Gasteiger partial charge in [-0.25, -0.2) is 8.42 Å². The van der Waals surface area contributed by atoms with Crippen LogP contribution in [0.5, 0.6) is 0 Å². The number of carbonyl (C=O) groups is 1. The van der Waals surface area contributed by atoms with E-state index in [2.05, 4.69) is 0 Å². The maximum absolute atomic E-state index is 13.1. The molecular formula is C20H28N2O3S. The minimum absolute atomic E-state index is 0.179. The molecule has 1 heterocycles. The van der Waals surface area contributed by atoms with Crippen LogP contribution in [0, 0.1) is 17.8 Å². The van der Waals surface area contributed by atoms with E-state index in [-0.39, 0.29) is 11.8 Å². The van der Waals surface area contributed by atoms with Crippen LogP contribution in [0.4, 0.5) is 5.69 Å². The van der Waals surface area contributed by atoms with Crippen LogP contribution in [0.1, 0.15) is 45.1 Å². The molecule has 2 saturated carbocycles. The number of benzene rings is 1. The van der Waals surface area contributed by atoms with E-state index in [0.29, 0.717) is 30.4 Å². The van der Waals surface area contributed by atoms with Crippen molar-refractivity contribution in [2.45, 2.75) is 50.8 Å². The third kappa shape index (κ3) is 2.78. The fourth-order valence-corrected chi connectivity index (χ4v) is 6.74. The quantitative estimate of drug-likeness (QED) is 0.794. The van der Waals surface area contributed by atoms with Gasteiger partial charge in [0.25, 0.3) is 0 Å². The molecule has 3 atom stereocenters. The summed E-state index contributed by atoms with van der Waals surface area (Å²) in [5.41, 5.74) is 1.89.